The van der Waals surface area contributed by atoms with Gasteiger partial charge in [0.2, 0.25) is 11.8 Å². The second-order valence-corrected chi connectivity index (χ2v) is 7.06. The predicted molar refractivity (Wildman–Crippen MR) is 101 cm³/mol. The normalized spacial score (nSPS) is 18.0. The molecule has 31 heavy (non-hydrogen) atoms. The van der Waals surface area contributed by atoms with Crippen LogP contribution in [0.5, 0.6) is 11.9 Å². The second-order valence-electron chi connectivity index (χ2n) is 7.06. The van der Waals surface area contributed by atoms with E-state index in [-0.39, 0.29) is 23.7 Å². The van der Waals surface area contributed by atoms with E-state index in [1.165, 1.54) is 32.8 Å². The van der Waals surface area contributed by atoms with Crippen molar-refractivity contribution in [2.75, 3.05) is 14.2 Å². The third-order valence-corrected chi connectivity index (χ3v) is 5.28. The van der Waals surface area contributed by atoms with Crippen molar-refractivity contribution in [3.05, 3.63) is 47.9 Å². The zero-order chi connectivity index (χ0) is 21.7. The van der Waals surface area contributed by atoms with Crippen LogP contribution in [0.3, 0.4) is 0 Å². The van der Waals surface area contributed by atoms with E-state index < -0.39 is 12.5 Å². The first-order chi connectivity index (χ1) is 15.0. The van der Waals surface area contributed by atoms with Crippen molar-refractivity contribution in [2.45, 2.75) is 24.8 Å². The molecule has 0 bridgehead atoms. The molecule has 0 aliphatic heterocycles. The lowest BCUT2D eigenvalue weighted by Crippen LogP contribution is -2.04. The van der Waals surface area contributed by atoms with E-state index in [0.717, 1.165) is 16.3 Å². The fraction of sp³-hybridized carbons (Fsp3) is 0.316. The molecule has 1 fully saturated rings. The predicted octanol–water partition coefficient (Wildman–Crippen LogP) is 3.21. The van der Waals surface area contributed by atoms with Gasteiger partial charge in [0.05, 0.1) is 37.9 Å². The van der Waals surface area contributed by atoms with Crippen molar-refractivity contribution in [1.82, 2.24) is 34.3 Å². The summed E-state index contributed by atoms with van der Waals surface area (Å²) >= 11 is 0. The lowest BCUT2D eigenvalue weighted by Gasteiger charge is -2.10. The highest BCUT2D eigenvalue weighted by Gasteiger charge is 2.42. The molecule has 2 atom stereocenters. The summed E-state index contributed by atoms with van der Waals surface area (Å²) in [7, 11) is 2.88. The van der Waals surface area contributed by atoms with Gasteiger partial charge in [-0.05, 0) is 29.9 Å². The van der Waals surface area contributed by atoms with E-state index in [4.69, 9.17) is 9.47 Å². The van der Waals surface area contributed by atoms with Crippen LogP contribution in [0.4, 0.5) is 13.2 Å². The Hall–Kier alpha value is -3.70. The number of fused-ring (bicyclic) bond motifs is 1. The fourth-order valence-electron chi connectivity index (χ4n) is 3.71. The van der Waals surface area contributed by atoms with Gasteiger partial charge in [-0.1, -0.05) is 0 Å². The molecule has 0 aromatic carbocycles. The summed E-state index contributed by atoms with van der Waals surface area (Å²) in [5.74, 6) is -0.489. The maximum atomic E-state index is 14.4. The number of alkyl halides is 2. The fourth-order valence-corrected chi connectivity index (χ4v) is 3.71. The topological polar surface area (TPSA) is 92.3 Å². The highest BCUT2D eigenvalue weighted by atomic mass is 19.3. The third-order valence-electron chi connectivity index (χ3n) is 5.28. The molecule has 0 saturated heterocycles. The van der Waals surface area contributed by atoms with Crippen LogP contribution in [0.2, 0.25) is 0 Å². The first kappa shape index (κ1) is 19.3. The molecule has 0 radical (unpaired) electrons. The van der Waals surface area contributed by atoms with E-state index in [9.17, 15) is 13.2 Å². The molecule has 0 N–H and O–H groups in total. The standard InChI is InChI=1S/C19H16F3N7O2/c1-30-17-13(6-24-19(26-17)31-2)14-4-12(16-23-7-15(20)29(16)27-14)11-3-10(11)9-5-25-28(8-9)18(21)22/h4-8,10-11,18H,3H2,1-2H3/t10?,11-/m0/s1. The van der Waals surface area contributed by atoms with Crippen molar-refractivity contribution >= 4 is 5.65 Å². The molecule has 1 unspecified atom stereocenters. The SMILES string of the molecule is COc1ncc(-c2cc([C@H]3CC3c3cnn(C(F)F)c3)c3ncc(F)n3n2)c(OC)n1. The van der Waals surface area contributed by atoms with Gasteiger partial charge in [-0.2, -0.15) is 32.9 Å². The molecule has 4 aromatic heterocycles. The summed E-state index contributed by atoms with van der Waals surface area (Å²) in [6.45, 7) is -2.70. The first-order valence-corrected chi connectivity index (χ1v) is 9.32. The van der Waals surface area contributed by atoms with E-state index >= 15 is 0 Å². The zero-order valence-corrected chi connectivity index (χ0v) is 16.4. The molecule has 1 aliphatic rings. The monoisotopic (exact) mass is 431 g/mol. The summed E-state index contributed by atoms with van der Waals surface area (Å²) in [5.41, 5.74) is 2.62. The number of aromatic nitrogens is 7. The van der Waals surface area contributed by atoms with E-state index in [2.05, 4.69) is 25.1 Å². The van der Waals surface area contributed by atoms with Crippen LogP contribution in [0.15, 0.2) is 30.9 Å². The molecule has 4 aromatic rings. The van der Waals surface area contributed by atoms with Gasteiger partial charge in [0.1, 0.15) is 0 Å². The van der Waals surface area contributed by atoms with Gasteiger partial charge in [0.15, 0.2) is 5.65 Å². The van der Waals surface area contributed by atoms with Crippen LogP contribution >= 0.6 is 0 Å². The number of hydrogen-bond acceptors (Lipinski definition) is 7. The highest BCUT2D eigenvalue weighted by Crippen LogP contribution is 2.55. The van der Waals surface area contributed by atoms with Crippen molar-refractivity contribution in [1.29, 1.82) is 0 Å². The lowest BCUT2D eigenvalue weighted by molar-refractivity contribution is 0.0565. The maximum Gasteiger partial charge on any atom is 0.333 e. The lowest BCUT2D eigenvalue weighted by atomic mass is 10.1. The van der Waals surface area contributed by atoms with Gasteiger partial charge in [0.25, 0.3) is 0 Å². The van der Waals surface area contributed by atoms with Gasteiger partial charge in [-0.3, -0.25) is 0 Å². The largest absolute Gasteiger partial charge is 0.480 e. The Labute approximate surface area is 173 Å². The molecule has 5 rings (SSSR count). The number of imidazole rings is 1. The van der Waals surface area contributed by atoms with E-state index in [1.54, 1.807) is 6.07 Å². The van der Waals surface area contributed by atoms with Gasteiger partial charge >= 0.3 is 12.6 Å². The van der Waals surface area contributed by atoms with Crippen LogP contribution in [0, 0.1) is 5.95 Å². The van der Waals surface area contributed by atoms with Gasteiger partial charge < -0.3 is 9.47 Å². The summed E-state index contributed by atoms with van der Waals surface area (Å²) in [4.78, 5) is 12.4. The van der Waals surface area contributed by atoms with Gasteiger partial charge in [-0.25, -0.2) is 14.6 Å². The van der Waals surface area contributed by atoms with Crippen LogP contribution in [-0.4, -0.2) is 48.6 Å². The minimum Gasteiger partial charge on any atom is -0.480 e. The Bertz CT molecular complexity index is 1270. The van der Waals surface area contributed by atoms with E-state index in [1.807, 2.05) is 0 Å². The van der Waals surface area contributed by atoms with Gasteiger partial charge in [-0.15, -0.1) is 0 Å². The molecule has 0 amide bonds. The van der Waals surface area contributed by atoms with Crippen molar-refractivity contribution in [3.8, 4) is 23.1 Å². The number of hydrogen-bond donors (Lipinski definition) is 0. The highest BCUT2D eigenvalue weighted by molar-refractivity contribution is 5.68. The molecule has 1 saturated carbocycles. The Kier molecular flexibility index (Phi) is 4.49. The summed E-state index contributed by atoms with van der Waals surface area (Å²) < 4.78 is 52.2. The smallest absolute Gasteiger partial charge is 0.333 e. The number of halogens is 3. The van der Waals surface area contributed by atoms with Crippen molar-refractivity contribution in [2.24, 2.45) is 0 Å². The Balaban J connectivity index is 1.58. The molecule has 160 valence electrons. The van der Waals surface area contributed by atoms with Crippen molar-refractivity contribution in [3.63, 3.8) is 0 Å². The van der Waals surface area contributed by atoms with E-state index in [0.29, 0.717) is 33.6 Å². The zero-order valence-electron chi connectivity index (χ0n) is 16.4. The summed E-state index contributed by atoms with van der Waals surface area (Å²) in [6.07, 6.45) is 6.03. The van der Waals surface area contributed by atoms with Crippen LogP contribution < -0.4 is 9.47 Å². The quantitative estimate of drug-likeness (QED) is 0.463. The Morgan fingerprint density at radius 2 is 1.94 bits per heavy atom. The van der Waals surface area contributed by atoms with Crippen LogP contribution in [0.25, 0.3) is 16.9 Å². The maximum absolute atomic E-state index is 14.4. The molecule has 1 aliphatic carbocycles. The average Bonchev–Trinajstić information content (AvgIpc) is 3.25. The van der Waals surface area contributed by atoms with Crippen LogP contribution in [0.1, 0.15) is 35.9 Å². The molecular weight excluding hydrogens is 415 g/mol. The average molecular weight is 431 g/mol. The van der Waals surface area contributed by atoms with Crippen molar-refractivity contribution < 1.29 is 22.6 Å². The minimum atomic E-state index is -2.70. The van der Waals surface area contributed by atoms with Gasteiger partial charge in [0, 0.05) is 18.0 Å². The summed E-state index contributed by atoms with van der Waals surface area (Å²) in [5, 5.41) is 8.03. The number of nitrogens with zero attached hydrogens (tertiary/aromatic N) is 7. The number of ether oxygens (including phenoxy) is 2. The summed E-state index contributed by atoms with van der Waals surface area (Å²) in [6, 6.07) is 1.89. The third kappa shape index (κ3) is 3.23. The molecular formula is C19H16F3N7O2. The number of methoxy groups -OCH3 is 2. The second kappa shape index (κ2) is 7.22. The Morgan fingerprint density at radius 3 is 2.65 bits per heavy atom. The van der Waals surface area contributed by atoms with Crippen LogP contribution in [-0.2, 0) is 0 Å². The molecule has 4 heterocycles. The number of rotatable bonds is 6. The molecule has 12 heteroatoms. The molecule has 9 nitrogen and oxygen atoms in total. The molecule has 0 spiro atoms. The first-order valence-electron chi connectivity index (χ1n) is 9.32. The Morgan fingerprint density at radius 1 is 1.10 bits per heavy atom. The minimum absolute atomic E-state index is 0.0275.